The van der Waals surface area contributed by atoms with Crippen LogP contribution in [-0.4, -0.2) is 24.1 Å². The van der Waals surface area contributed by atoms with E-state index >= 15 is 0 Å². The quantitative estimate of drug-likeness (QED) is 0.352. The molecule has 0 radical (unpaired) electrons. The Balaban J connectivity index is 1.91. The summed E-state index contributed by atoms with van der Waals surface area (Å²) in [6, 6.07) is 14.6. The number of carbonyl (C=O) groups excluding carboxylic acids is 1. The minimum Gasteiger partial charge on any atom is -0.447 e. The van der Waals surface area contributed by atoms with E-state index in [2.05, 4.69) is 4.98 Å². The lowest BCUT2D eigenvalue weighted by atomic mass is 9.90. The van der Waals surface area contributed by atoms with Gasteiger partial charge in [0.25, 0.3) is 0 Å². The number of primary amides is 1. The van der Waals surface area contributed by atoms with Crippen LogP contribution in [0.3, 0.4) is 0 Å². The number of hydrogen-bond acceptors (Lipinski definition) is 6. The number of oxazole rings is 1. The minimum atomic E-state index is -3.22. The number of halogens is 1. The average molecular weight is 477 g/mol. The maximum absolute atomic E-state index is 12.8. The van der Waals surface area contributed by atoms with E-state index in [-0.39, 0.29) is 12.6 Å². The second-order valence-corrected chi connectivity index (χ2v) is 9.63. The first-order chi connectivity index (χ1) is 15.3. The summed E-state index contributed by atoms with van der Waals surface area (Å²) in [6.45, 7) is 4.15. The van der Waals surface area contributed by atoms with Crippen LogP contribution in [0.15, 0.2) is 59.3 Å². The third-order valence-electron chi connectivity index (χ3n) is 4.84. The lowest BCUT2D eigenvalue weighted by Gasteiger charge is -2.18. The molecule has 170 valence electrons. The number of nitrogens with two attached hydrogens (primary N) is 1. The second kappa shape index (κ2) is 10.9. The van der Waals surface area contributed by atoms with Gasteiger partial charge in [-0.2, -0.15) is 0 Å². The average Bonchev–Trinajstić information content (AvgIpc) is 3.23. The fourth-order valence-corrected chi connectivity index (χ4v) is 5.32. The minimum absolute atomic E-state index is 0.0471. The summed E-state index contributed by atoms with van der Waals surface area (Å²) in [7, 11) is -3.22. The van der Waals surface area contributed by atoms with Gasteiger partial charge in [-0.05, 0) is 37.1 Å². The smallest absolute Gasteiger partial charge is 0.335 e. The van der Waals surface area contributed by atoms with Gasteiger partial charge in [0.2, 0.25) is 5.91 Å². The fourth-order valence-electron chi connectivity index (χ4n) is 3.49. The third kappa shape index (κ3) is 6.08. The van der Waals surface area contributed by atoms with Gasteiger partial charge >= 0.3 is 7.60 Å². The number of nitrogens with zero attached hydrogens (tertiary/aromatic N) is 1. The summed E-state index contributed by atoms with van der Waals surface area (Å²) in [5.41, 5.74) is 8.59. The standard InChI is InChI=1S/C23H26ClN2O5P/c1-3-30-32(28,31-4-2)14-16-5-7-17(8-6-16)20(13-21(25)27)23-22(26-15-29-23)18-9-11-19(24)12-10-18/h5-12,15,20H,3-4,13-14H2,1-2H3,(H2,25,27). The largest absolute Gasteiger partial charge is 0.447 e. The van der Waals surface area contributed by atoms with Crippen LogP contribution in [-0.2, 0) is 24.6 Å². The van der Waals surface area contributed by atoms with Crippen molar-refractivity contribution < 1.29 is 22.8 Å². The van der Waals surface area contributed by atoms with Gasteiger partial charge in [0.1, 0.15) is 11.5 Å². The molecule has 0 spiro atoms. The maximum atomic E-state index is 12.8. The molecule has 3 rings (SSSR count). The molecule has 2 N–H and O–H groups in total. The van der Waals surface area contributed by atoms with E-state index in [9.17, 15) is 9.36 Å². The highest BCUT2D eigenvalue weighted by molar-refractivity contribution is 7.53. The van der Waals surface area contributed by atoms with Crippen molar-refractivity contribution >= 4 is 25.1 Å². The van der Waals surface area contributed by atoms with Crippen molar-refractivity contribution in [2.45, 2.75) is 32.3 Å². The summed E-state index contributed by atoms with van der Waals surface area (Å²) in [4.78, 5) is 16.2. The Kier molecular flexibility index (Phi) is 8.26. The van der Waals surface area contributed by atoms with Crippen LogP contribution in [0, 0.1) is 0 Å². The van der Waals surface area contributed by atoms with Gasteiger partial charge in [-0.3, -0.25) is 9.36 Å². The molecule has 1 unspecified atom stereocenters. The van der Waals surface area contributed by atoms with E-state index in [1.165, 1.54) is 6.39 Å². The van der Waals surface area contributed by atoms with Crippen molar-refractivity contribution in [3.05, 3.63) is 76.8 Å². The third-order valence-corrected chi connectivity index (χ3v) is 7.15. The molecule has 9 heteroatoms. The molecule has 1 atom stereocenters. The summed E-state index contributed by atoms with van der Waals surface area (Å²) in [5, 5.41) is 0.611. The van der Waals surface area contributed by atoms with Crippen LogP contribution < -0.4 is 5.73 Å². The van der Waals surface area contributed by atoms with Crippen molar-refractivity contribution in [1.82, 2.24) is 4.98 Å². The first-order valence-corrected chi connectivity index (χ1v) is 12.4. The van der Waals surface area contributed by atoms with Crippen molar-refractivity contribution in [3.63, 3.8) is 0 Å². The number of carbonyl (C=O) groups is 1. The van der Waals surface area contributed by atoms with Gasteiger partial charge in [0.05, 0.1) is 25.3 Å². The zero-order valence-electron chi connectivity index (χ0n) is 18.0. The van der Waals surface area contributed by atoms with Crippen LogP contribution in [0.1, 0.15) is 43.1 Å². The first-order valence-electron chi connectivity index (χ1n) is 10.3. The number of aromatic nitrogens is 1. The van der Waals surface area contributed by atoms with E-state index in [0.717, 1.165) is 16.7 Å². The molecule has 0 aliphatic rings. The Labute approximate surface area is 192 Å². The summed E-state index contributed by atoms with van der Waals surface area (Å²) < 4.78 is 29.3. The molecule has 2 aromatic carbocycles. The zero-order valence-corrected chi connectivity index (χ0v) is 19.6. The van der Waals surface area contributed by atoms with E-state index < -0.39 is 19.4 Å². The first kappa shape index (κ1) is 24.2. The molecular weight excluding hydrogens is 451 g/mol. The molecule has 0 aliphatic carbocycles. The molecule has 0 saturated carbocycles. The Morgan fingerprint density at radius 3 is 2.28 bits per heavy atom. The molecule has 1 amide bonds. The van der Waals surface area contributed by atoms with Crippen molar-refractivity contribution in [2.24, 2.45) is 5.73 Å². The summed E-state index contributed by atoms with van der Waals surface area (Å²) in [5.74, 6) is -0.358. The predicted octanol–water partition coefficient (Wildman–Crippen LogP) is 5.77. The Morgan fingerprint density at radius 1 is 1.09 bits per heavy atom. The molecule has 0 bridgehead atoms. The van der Waals surface area contributed by atoms with E-state index in [1.54, 1.807) is 26.0 Å². The number of amides is 1. The topological polar surface area (TPSA) is 105 Å². The van der Waals surface area contributed by atoms with Gasteiger partial charge < -0.3 is 19.2 Å². The lowest BCUT2D eigenvalue weighted by Crippen LogP contribution is -2.16. The molecular formula is C23H26ClN2O5P. The molecule has 7 nitrogen and oxygen atoms in total. The highest BCUT2D eigenvalue weighted by Crippen LogP contribution is 2.51. The molecule has 32 heavy (non-hydrogen) atoms. The number of rotatable bonds is 11. The Morgan fingerprint density at radius 2 is 1.72 bits per heavy atom. The predicted molar refractivity (Wildman–Crippen MR) is 124 cm³/mol. The highest BCUT2D eigenvalue weighted by atomic mass is 35.5. The monoisotopic (exact) mass is 476 g/mol. The Hall–Kier alpha value is -2.44. The van der Waals surface area contributed by atoms with Gasteiger partial charge in [-0.15, -0.1) is 0 Å². The highest BCUT2D eigenvalue weighted by Gasteiger charge is 2.27. The van der Waals surface area contributed by atoms with Gasteiger partial charge in [0.15, 0.2) is 6.39 Å². The molecule has 1 aromatic heterocycles. The lowest BCUT2D eigenvalue weighted by molar-refractivity contribution is -0.118. The van der Waals surface area contributed by atoms with Crippen LogP contribution in [0.2, 0.25) is 5.02 Å². The van der Waals surface area contributed by atoms with Crippen LogP contribution in [0.5, 0.6) is 0 Å². The van der Waals surface area contributed by atoms with Crippen molar-refractivity contribution in [3.8, 4) is 11.3 Å². The van der Waals surface area contributed by atoms with E-state index in [0.29, 0.717) is 29.7 Å². The van der Waals surface area contributed by atoms with E-state index in [1.807, 2.05) is 36.4 Å². The van der Waals surface area contributed by atoms with Crippen LogP contribution in [0.25, 0.3) is 11.3 Å². The Bertz CT molecular complexity index is 1070. The summed E-state index contributed by atoms with van der Waals surface area (Å²) in [6.07, 6.45) is 1.56. The molecule has 1 heterocycles. The van der Waals surface area contributed by atoms with Crippen LogP contribution >= 0.6 is 19.2 Å². The van der Waals surface area contributed by atoms with Gasteiger partial charge in [0, 0.05) is 17.0 Å². The zero-order chi connectivity index (χ0) is 23.1. The fraction of sp³-hybridized carbons (Fsp3) is 0.304. The molecule has 0 aliphatic heterocycles. The maximum Gasteiger partial charge on any atom is 0.335 e. The van der Waals surface area contributed by atoms with Crippen molar-refractivity contribution in [1.29, 1.82) is 0 Å². The normalized spacial score (nSPS) is 12.6. The van der Waals surface area contributed by atoms with Crippen molar-refractivity contribution in [2.75, 3.05) is 13.2 Å². The van der Waals surface area contributed by atoms with Gasteiger partial charge in [-0.1, -0.05) is 48.0 Å². The molecule has 0 saturated heterocycles. The summed E-state index contributed by atoms with van der Waals surface area (Å²) >= 11 is 6.00. The second-order valence-electron chi connectivity index (χ2n) is 7.14. The van der Waals surface area contributed by atoms with Crippen LogP contribution in [0.4, 0.5) is 0 Å². The van der Waals surface area contributed by atoms with E-state index in [4.69, 9.17) is 30.8 Å². The van der Waals surface area contributed by atoms with Gasteiger partial charge in [-0.25, -0.2) is 4.98 Å². The SMILES string of the molecule is CCOP(=O)(Cc1ccc(C(CC(N)=O)c2ocnc2-c2ccc(Cl)cc2)cc1)OCC. The number of hydrogen-bond donors (Lipinski definition) is 1. The number of benzene rings is 2. The molecule has 3 aromatic rings. The molecule has 0 fully saturated rings.